The summed E-state index contributed by atoms with van der Waals surface area (Å²) in [6, 6.07) is 9.23. The maximum absolute atomic E-state index is 12.2. The highest BCUT2D eigenvalue weighted by Crippen LogP contribution is 2.26. The van der Waals surface area contributed by atoms with Gasteiger partial charge in [0.25, 0.3) is 11.8 Å². The van der Waals surface area contributed by atoms with E-state index in [0.29, 0.717) is 5.89 Å². The second-order valence-electron chi connectivity index (χ2n) is 5.27. The lowest BCUT2D eigenvalue weighted by Gasteiger charge is -2.09. The molecule has 0 N–H and O–H groups in total. The zero-order chi connectivity index (χ0) is 18.0. The Balaban J connectivity index is 1.70. The molecule has 2 aromatic heterocycles. The molecule has 130 valence electrons. The van der Waals surface area contributed by atoms with Gasteiger partial charge in [0.2, 0.25) is 0 Å². The van der Waals surface area contributed by atoms with Crippen LogP contribution in [-0.4, -0.2) is 30.8 Å². The largest absolute Gasteiger partial charge is 0.449 e. The molecule has 0 saturated carbocycles. The van der Waals surface area contributed by atoms with Crippen LogP contribution in [0.5, 0.6) is 0 Å². The summed E-state index contributed by atoms with van der Waals surface area (Å²) in [5, 5.41) is 9.72. The van der Waals surface area contributed by atoms with E-state index >= 15 is 0 Å². The number of hydrogen-bond acceptors (Lipinski definition) is 8. The molecule has 0 aliphatic carbocycles. The first-order chi connectivity index (χ1) is 11.8. The standard InChI is InChI=1S/C16H14N2O5S2/c1-10(14-17-18-15(23-14)13-4-3-9-24-13)22-16(19)11-5-7-12(8-6-11)25(2,20)21/h3-10H,1-2H3. The summed E-state index contributed by atoms with van der Waals surface area (Å²) in [5.41, 5.74) is 0.234. The normalized spacial score (nSPS) is 12.7. The van der Waals surface area contributed by atoms with E-state index in [2.05, 4.69) is 10.2 Å². The number of hydrogen-bond donors (Lipinski definition) is 0. The molecule has 0 amide bonds. The molecule has 1 unspecified atom stereocenters. The summed E-state index contributed by atoms with van der Waals surface area (Å²) in [6.07, 6.45) is 0.367. The fourth-order valence-corrected chi connectivity index (χ4v) is 3.29. The lowest BCUT2D eigenvalue weighted by Crippen LogP contribution is -2.10. The summed E-state index contributed by atoms with van der Waals surface area (Å²) in [6.45, 7) is 1.62. The number of ether oxygens (including phenoxy) is 1. The number of aromatic nitrogens is 2. The van der Waals surface area contributed by atoms with Crippen molar-refractivity contribution in [1.82, 2.24) is 10.2 Å². The minimum atomic E-state index is -3.31. The molecule has 0 spiro atoms. The Labute approximate surface area is 148 Å². The first-order valence-electron chi connectivity index (χ1n) is 7.23. The minimum absolute atomic E-state index is 0.134. The number of thiophene rings is 1. The highest BCUT2D eigenvalue weighted by molar-refractivity contribution is 7.90. The van der Waals surface area contributed by atoms with Gasteiger partial charge in [-0.05, 0) is 42.6 Å². The lowest BCUT2D eigenvalue weighted by molar-refractivity contribution is 0.0280. The Hall–Kier alpha value is -2.52. The van der Waals surface area contributed by atoms with Crippen molar-refractivity contribution in [3.63, 3.8) is 0 Å². The Morgan fingerprint density at radius 2 is 1.92 bits per heavy atom. The molecule has 0 radical (unpaired) electrons. The van der Waals surface area contributed by atoms with E-state index in [9.17, 15) is 13.2 Å². The minimum Gasteiger partial charge on any atom is -0.449 e. The predicted molar refractivity (Wildman–Crippen MR) is 91.0 cm³/mol. The van der Waals surface area contributed by atoms with Gasteiger partial charge in [0.05, 0.1) is 15.3 Å². The molecule has 0 aliphatic heterocycles. The number of rotatable bonds is 5. The van der Waals surface area contributed by atoms with Crippen molar-refractivity contribution in [2.45, 2.75) is 17.9 Å². The van der Waals surface area contributed by atoms with Crippen LogP contribution in [-0.2, 0) is 14.6 Å². The Morgan fingerprint density at radius 1 is 1.20 bits per heavy atom. The van der Waals surface area contributed by atoms with Gasteiger partial charge in [-0.15, -0.1) is 21.5 Å². The summed E-state index contributed by atoms with van der Waals surface area (Å²) in [5.74, 6) is -0.0571. The molecule has 1 aromatic carbocycles. The van der Waals surface area contributed by atoms with E-state index in [1.807, 2.05) is 17.5 Å². The van der Waals surface area contributed by atoms with Gasteiger partial charge in [0.15, 0.2) is 15.9 Å². The molecular formula is C16H14N2O5S2. The summed E-state index contributed by atoms with van der Waals surface area (Å²) in [7, 11) is -3.31. The first kappa shape index (κ1) is 17.3. The van der Waals surface area contributed by atoms with Crippen LogP contribution in [0.25, 0.3) is 10.8 Å². The monoisotopic (exact) mass is 378 g/mol. The average Bonchev–Trinajstić information content (AvgIpc) is 3.25. The molecule has 3 aromatic rings. The van der Waals surface area contributed by atoms with E-state index in [1.54, 1.807) is 6.92 Å². The predicted octanol–water partition coefficient (Wildman–Crippen LogP) is 3.12. The lowest BCUT2D eigenvalue weighted by atomic mass is 10.2. The first-order valence-corrected chi connectivity index (χ1v) is 10.00. The highest BCUT2D eigenvalue weighted by atomic mass is 32.2. The van der Waals surface area contributed by atoms with Gasteiger partial charge in [-0.3, -0.25) is 0 Å². The van der Waals surface area contributed by atoms with Crippen molar-refractivity contribution in [2.75, 3.05) is 6.26 Å². The van der Waals surface area contributed by atoms with Crippen LogP contribution in [0, 0.1) is 0 Å². The van der Waals surface area contributed by atoms with Crippen LogP contribution in [0.15, 0.2) is 51.1 Å². The van der Waals surface area contributed by atoms with Crippen LogP contribution in [0.1, 0.15) is 29.3 Å². The van der Waals surface area contributed by atoms with E-state index < -0.39 is 21.9 Å². The van der Waals surface area contributed by atoms with Gasteiger partial charge in [-0.2, -0.15) is 0 Å². The van der Waals surface area contributed by atoms with Crippen LogP contribution < -0.4 is 0 Å². The van der Waals surface area contributed by atoms with E-state index in [0.717, 1.165) is 11.1 Å². The molecule has 0 bridgehead atoms. The molecule has 25 heavy (non-hydrogen) atoms. The fourth-order valence-electron chi connectivity index (χ4n) is 2.02. The summed E-state index contributed by atoms with van der Waals surface area (Å²) < 4.78 is 33.7. The van der Waals surface area contributed by atoms with Crippen molar-refractivity contribution in [1.29, 1.82) is 0 Å². The third kappa shape index (κ3) is 3.94. The van der Waals surface area contributed by atoms with Gasteiger partial charge in [-0.25, -0.2) is 13.2 Å². The topological polar surface area (TPSA) is 99.4 Å². The smallest absolute Gasteiger partial charge is 0.338 e. The third-order valence-corrected chi connectivity index (χ3v) is 5.31. The number of benzene rings is 1. The van der Waals surface area contributed by atoms with Crippen molar-refractivity contribution >= 4 is 27.1 Å². The van der Waals surface area contributed by atoms with Gasteiger partial charge >= 0.3 is 5.97 Å². The van der Waals surface area contributed by atoms with Gasteiger partial charge in [0.1, 0.15) is 0 Å². The van der Waals surface area contributed by atoms with Crippen LogP contribution in [0.3, 0.4) is 0 Å². The van der Waals surface area contributed by atoms with E-state index in [-0.39, 0.29) is 16.3 Å². The summed E-state index contributed by atoms with van der Waals surface area (Å²) in [4.78, 5) is 13.1. The van der Waals surface area contributed by atoms with Crippen molar-refractivity contribution in [3.8, 4) is 10.8 Å². The van der Waals surface area contributed by atoms with E-state index in [1.165, 1.54) is 35.6 Å². The Morgan fingerprint density at radius 3 is 2.52 bits per heavy atom. The van der Waals surface area contributed by atoms with Crippen molar-refractivity contribution in [3.05, 3.63) is 53.2 Å². The SMILES string of the molecule is CC(OC(=O)c1ccc(S(C)(=O)=O)cc1)c1nnc(-c2cccs2)o1. The van der Waals surface area contributed by atoms with Gasteiger partial charge in [-0.1, -0.05) is 6.07 Å². The Bertz CT molecular complexity index is 976. The highest BCUT2D eigenvalue weighted by Gasteiger charge is 2.20. The zero-order valence-corrected chi connectivity index (χ0v) is 15.0. The van der Waals surface area contributed by atoms with Gasteiger partial charge < -0.3 is 9.15 Å². The second-order valence-corrected chi connectivity index (χ2v) is 8.23. The van der Waals surface area contributed by atoms with Crippen LogP contribution in [0.2, 0.25) is 0 Å². The Kier molecular flexibility index (Phi) is 4.69. The number of carbonyl (C=O) groups is 1. The number of nitrogens with zero attached hydrogens (tertiary/aromatic N) is 2. The molecule has 0 aliphatic rings. The number of carbonyl (C=O) groups excluding carboxylic acids is 1. The van der Waals surface area contributed by atoms with Crippen molar-refractivity contribution in [2.24, 2.45) is 0 Å². The number of esters is 1. The third-order valence-electron chi connectivity index (χ3n) is 3.32. The van der Waals surface area contributed by atoms with Crippen LogP contribution >= 0.6 is 11.3 Å². The molecule has 7 nitrogen and oxygen atoms in total. The molecule has 3 rings (SSSR count). The van der Waals surface area contributed by atoms with Gasteiger partial charge in [0, 0.05) is 6.26 Å². The second kappa shape index (κ2) is 6.77. The zero-order valence-electron chi connectivity index (χ0n) is 13.4. The van der Waals surface area contributed by atoms with E-state index in [4.69, 9.17) is 9.15 Å². The molecule has 0 saturated heterocycles. The summed E-state index contributed by atoms with van der Waals surface area (Å²) >= 11 is 1.46. The molecule has 9 heteroatoms. The number of sulfone groups is 1. The maximum atomic E-state index is 12.2. The average molecular weight is 378 g/mol. The molecule has 0 fully saturated rings. The molecule has 2 heterocycles. The van der Waals surface area contributed by atoms with Crippen molar-refractivity contribution < 1.29 is 22.4 Å². The fraction of sp³-hybridized carbons (Fsp3) is 0.188. The molecular weight excluding hydrogens is 364 g/mol. The maximum Gasteiger partial charge on any atom is 0.338 e. The molecule has 1 atom stereocenters. The van der Waals surface area contributed by atoms with Crippen LogP contribution in [0.4, 0.5) is 0 Å². The quantitative estimate of drug-likeness (QED) is 0.629.